The summed E-state index contributed by atoms with van der Waals surface area (Å²) in [4.78, 5) is 25.6. The lowest BCUT2D eigenvalue weighted by Gasteiger charge is -2.35. The number of ether oxygens (including phenoxy) is 2. The topological polar surface area (TPSA) is 159 Å². The number of amides is 2. The maximum absolute atomic E-state index is 13.5. The monoisotopic (exact) mass is 675 g/mol. The Bertz CT molecular complexity index is 1810. The van der Waals surface area contributed by atoms with Gasteiger partial charge in [0.05, 0.1) is 4.90 Å². The number of rotatable bonds is 10. The molecule has 1 unspecified atom stereocenters. The van der Waals surface area contributed by atoms with Crippen LogP contribution in [0.25, 0.3) is 11.1 Å². The molecular formula is C36H45N5O6S. The highest BCUT2D eigenvalue weighted by Crippen LogP contribution is 2.45. The summed E-state index contributed by atoms with van der Waals surface area (Å²) < 4.78 is 41.2. The number of guanidine groups is 1. The predicted octanol–water partition coefficient (Wildman–Crippen LogP) is 4.95. The Morgan fingerprint density at radius 2 is 1.62 bits per heavy atom. The molecule has 1 aliphatic heterocycles. The first-order valence-electron chi connectivity index (χ1n) is 16.2. The third-order valence-electron chi connectivity index (χ3n) is 9.34. The maximum Gasteiger partial charge on any atom is 0.407 e. The van der Waals surface area contributed by atoms with E-state index in [2.05, 4.69) is 32.8 Å². The van der Waals surface area contributed by atoms with E-state index in [1.165, 1.54) is 7.05 Å². The van der Waals surface area contributed by atoms with Crippen LogP contribution in [-0.4, -0.2) is 58.2 Å². The summed E-state index contributed by atoms with van der Waals surface area (Å²) >= 11 is 0. The lowest BCUT2D eigenvalue weighted by molar-refractivity contribution is -0.122. The molecule has 11 nitrogen and oxygen atoms in total. The van der Waals surface area contributed by atoms with Crippen LogP contribution in [0.15, 0.2) is 53.4 Å². The van der Waals surface area contributed by atoms with E-state index in [0.717, 1.165) is 45.6 Å². The Hall–Kier alpha value is -4.58. The van der Waals surface area contributed by atoms with Gasteiger partial charge >= 0.3 is 6.09 Å². The number of fused-ring (bicyclic) bond motifs is 4. The molecule has 2 amide bonds. The first-order valence-corrected chi connectivity index (χ1v) is 17.7. The zero-order valence-electron chi connectivity index (χ0n) is 28.4. The van der Waals surface area contributed by atoms with Gasteiger partial charge in [0, 0.05) is 19.5 Å². The van der Waals surface area contributed by atoms with E-state index >= 15 is 0 Å². The Morgan fingerprint density at radius 3 is 2.25 bits per heavy atom. The van der Waals surface area contributed by atoms with Crippen LogP contribution in [0.3, 0.4) is 0 Å². The average molecular weight is 676 g/mol. The number of hydrogen-bond acceptors (Lipinski definition) is 7. The van der Waals surface area contributed by atoms with E-state index in [1.807, 2.05) is 57.2 Å². The van der Waals surface area contributed by atoms with Crippen LogP contribution in [-0.2, 0) is 26.0 Å². The van der Waals surface area contributed by atoms with Gasteiger partial charge in [0.25, 0.3) is 10.0 Å². The number of sulfonamides is 1. The fourth-order valence-electron chi connectivity index (χ4n) is 6.72. The van der Waals surface area contributed by atoms with Crippen LogP contribution in [0.1, 0.15) is 72.4 Å². The van der Waals surface area contributed by atoms with E-state index in [4.69, 9.17) is 14.9 Å². The van der Waals surface area contributed by atoms with Crippen molar-refractivity contribution < 1.29 is 27.5 Å². The average Bonchev–Trinajstić information content (AvgIpc) is 3.36. The van der Waals surface area contributed by atoms with Crippen molar-refractivity contribution in [3.8, 4) is 16.9 Å². The summed E-state index contributed by atoms with van der Waals surface area (Å²) in [6, 6.07) is 15.2. The van der Waals surface area contributed by atoms with Crippen LogP contribution in [0.2, 0.25) is 0 Å². The highest BCUT2D eigenvalue weighted by Gasteiger charge is 2.34. The van der Waals surface area contributed by atoms with E-state index < -0.39 is 22.2 Å². The molecule has 48 heavy (non-hydrogen) atoms. The third-order valence-corrected chi connectivity index (χ3v) is 11.0. The lowest BCUT2D eigenvalue weighted by atomic mass is 9.88. The molecule has 3 aromatic carbocycles. The molecule has 3 aromatic rings. The van der Waals surface area contributed by atoms with Crippen LogP contribution in [0.5, 0.6) is 5.75 Å². The molecule has 0 saturated heterocycles. The minimum atomic E-state index is -4.07. The molecule has 0 spiro atoms. The fourth-order valence-corrected chi connectivity index (χ4v) is 8.24. The molecule has 2 aliphatic rings. The molecule has 1 aliphatic carbocycles. The van der Waals surface area contributed by atoms with Gasteiger partial charge in [0.2, 0.25) is 11.9 Å². The van der Waals surface area contributed by atoms with Crippen molar-refractivity contribution in [2.24, 2.45) is 0 Å². The van der Waals surface area contributed by atoms with Gasteiger partial charge in [0.15, 0.2) is 0 Å². The largest absolute Gasteiger partial charge is 0.487 e. The quantitative estimate of drug-likeness (QED) is 0.116. The first kappa shape index (κ1) is 34.7. The summed E-state index contributed by atoms with van der Waals surface area (Å²) in [5.74, 6) is -0.146. The van der Waals surface area contributed by atoms with Gasteiger partial charge in [-0.2, -0.15) is 0 Å². The number of carbonyl (C=O) groups is 2. The number of carbonyl (C=O) groups excluding carboxylic acids is 2. The standard InChI is InChI=1S/C36H45N5O6S/c1-21-22(2)32(23(3)24-17-18-36(4,5)47-31(21)24)48(44,45)41-34(37)39-19-11-16-30(33(42)38-6)40-35(43)46-20-29-27-14-9-7-12-25(27)26-13-8-10-15-28(26)29/h7-10,12-15,29-30H,11,16-20H2,1-6H3,(H,38,42)(H,40,43)(H3,37,39,41). The van der Waals surface area contributed by atoms with Crippen molar-refractivity contribution in [2.45, 2.75) is 82.8 Å². The Balaban J connectivity index is 1.14. The minimum absolute atomic E-state index is 0.112. The molecule has 0 bridgehead atoms. The van der Waals surface area contributed by atoms with Crippen LogP contribution >= 0.6 is 0 Å². The van der Waals surface area contributed by atoms with Crippen molar-refractivity contribution >= 4 is 28.0 Å². The molecule has 256 valence electrons. The maximum atomic E-state index is 13.5. The van der Waals surface area contributed by atoms with Gasteiger partial charge in [-0.25, -0.2) is 17.9 Å². The molecule has 12 heteroatoms. The second-order valence-electron chi connectivity index (χ2n) is 13.1. The van der Waals surface area contributed by atoms with Crippen molar-refractivity contribution in [2.75, 3.05) is 20.2 Å². The number of likely N-dealkylation sites (N-methyl/N-ethyl adjacent to an activating group) is 1. The molecular weight excluding hydrogens is 630 g/mol. The first-order chi connectivity index (χ1) is 22.7. The molecule has 0 saturated carbocycles. The molecule has 0 fully saturated rings. The summed E-state index contributed by atoms with van der Waals surface area (Å²) in [5, 5.41) is 16.3. The summed E-state index contributed by atoms with van der Waals surface area (Å²) in [5.41, 5.74) is 6.93. The van der Waals surface area contributed by atoms with Crippen molar-refractivity contribution in [3.63, 3.8) is 0 Å². The van der Waals surface area contributed by atoms with Crippen molar-refractivity contribution in [3.05, 3.63) is 81.9 Å². The lowest BCUT2D eigenvalue weighted by Crippen LogP contribution is -2.46. The van der Waals surface area contributed by atoms with Crippen molar-refractivity contribution in [1.29, 1.82) is 5.41 Å². The zero-order valence-corrected chi connectivity index (χ0v) is 29.2. The zero-order chi connectivity index (χ0) is 34.8. The van der Waals surface area contributed by atoms with Gasteiger partial charge < -0.3 is 25.4 Å². The van der Waals surface area contributed by atoms with Crippen LogP contribution in [0.4, 0.5) is 4.79 Å². The molecule has 1 heterocycles. The number of alkyl carbamates (subject to hydrolysis) is 1. The van der Waals surface area contributed by atoms with Crippen LogP contribution in [0, 0.1) is 26.2 Å². The molecule has 5 rings (SSSR count). The van der Waals surface area contributed by atoms with E-state index in [-0.39, 0.29) is 47.9 Å². The van der Waals surface area contributed by atoms with E-state index in [0.29, 0.717) is 24.0 Å². The van der Waals surface area contributed by atoms with Gasteiger partial charge in [-0.15, -0.1) is 0 Å². The highest BCUT2D eigenvalue weighted by molar-refractivity contribution is 7.90. The van der Waals surface area contributed by atoms with Gasteiger partial charge in [-0.1, -0.05) is 48.5 Å². The van der Waals surface area contributed by atoms with Gasteiger partial charge in [-0.3, -0.25) is 10.2 Å². The van der Waals surface area contributed by atoms with Gasteiger partial charge in [0.1, 0.15) is 24.0 Å². The molecule has 0 aromatic heterocycles. The normalized spacial score (nSPS) is 15.2. The number of hydrogen-bond donors (Lipinski definition) is 5. The Labute approximate surface area is 282 Å². The number of nitrogens with one attached hydrogen (secondary N) is 5. The molecule has 0 radical (unpaired) electrons. The second kappa shape index (κ2) is 13.9. The fraction of sp³-hybridized carbons (Fsp3) is 0.417. The van der Waals surface area contributed by atoms with E-state index in [9.17, 15) is 18.0 Å². The second-order valence-corrected chi connectivity index (χ2v) is 14.7. The Kier molecular flexibility index (Phi) is 10.0. The number of benzene rings is 3. The molecule has 5 N–H and O–H groups in total. The summed E-state index contributed by atoms with van der Waals surface area (Å²) in [6.07, 6.45) is 1.34. The predicted molar refractivity (Wildman–Crippen MR) is 185 cm³/mol. The summed E-state index contributed by atoms with van der Waals surface area (Å²) in [6.45, 7) is 9.74. The SMILES string of the molecule is CNC(=O)C(CCCNC(=N)NS(=O)(=O)c1c(C)c(C)c2c(c1C)CCC(C)(C)O2)NC(=O)OCC1c2ccccc2-c2ccccc21. The van der Waals surface area contributed by atoms with E-state index in [1.54, 1.807) is 13.8 Å². The third kappa shape index (κ3) is 7.13. The molecule has 1 atom stereocenters. The van der Waals surface area contributed by atoms with Gasteiger partial charge in [-0.05, 0) is 105 Å². The minimum Gasteiger partial charge on any atom is -0.487 e. The van der Waals surface area contributed by atoms with Crippen LogP contribution < -0.4 is 25.4 Å². The smallest absolute Gasteiger partial charge is 0.407 e. The highest BCUT2D eigenvalue weighted by atomic mass is 32.2. The Morgan fingerprint density at radius 1 is 1.00 bits per heavy atom. The summed E-state index contributed by atoms with van der Waals surface area (Å²) in [7, 11) is -2.59. The van der Waals surface area contributed by atoms with Crippen molar-refractivity contribution in [1.82, 2.24) is 20.7 Å².